The van der Waals surface area contributed by atoms with Crippen molar-refractivity contribution >= 4 is 39.2 Å². The van der Waals surface area contributed by atoms with E-state index in [0.717, 1.165) is 10.9 Å². The number of hydrogen-bond acceptors (Lipinski definition) is 6. The summed E-state index contributed by atoms with van der Waals surface area (Å²) in [5.74, 6) is -0.448. The summed E-state index contributed by atoms with van der Waals surface area (Å²) in [6, 6.07) is 14.7. The predicted octanol–water partition coefficient (Wildman–Crippen LogP) is 5.16. The lowest BCUT2D eigenvalue weighted by Crippen LogP contribution is -2.29. The van der Waals surface area contributed by atoms with E-state index in [9.17, 15) is 14.7 Å². The lowest BCUT2D eigenvalue weighted by atomic mass is 9.95. The summed E-state index contributed by atoms with van der Waals surface area (Å²) in [4.78, 5) is 27.3. The lowest BCUT2D eigenvalue weighted by molar-refractivity contribution is -0.132. The van der Waals surface area contributed by atoms with Gasteiger partial charge in [0.25, 0.3) is 5.78 Å². The molecule has 2 aromatic carbocycles. The van der Waals surface area contributed by atoms with Crippen molar-refractivity contribution in [1.29, 1.82) is 0 Å². The molecule has 1 aliphatic heterocycles. The third-order valence-electron chi connectivity index (χ3n) is 5.09. The van der Waals surface area contributed by atoms with Crippen LogP contribution in [0.15, 0.2) is 69.2 Å². The van der Waals surface area contributed by atoms with Gasteiger partial charge in [0.05, 0.1) is 18.2 Å². The first-order valence-electron chi connectivity index (χ1n) is 10.1. The van der Waals surface area contributed by atoms with Crippen LogP contribution in [0.2, 0.25) is 0 Å². The zero-order valence-electron chi connectivity index (χ0n) is 17.5. The second kappa shape index (κ2) is 9.00. The Morgan fingerprint density at radius 3 is 2.44 bits per heavy atom. The maximum Gasteiger partial charge on any atom is 0.301 e. The third-order valence-corrected chi connectivity index (χ3v) is 5.62. The van der Waals surface area contributed by atoms with Crippen LogP contribution in [0.1, 0.15) is 36.3 Å². The number of aryl methyl sites for hydroxylation is 1. The van der Waals surface area contributed by atoms with Gasteiger partial charge in [0.2, 0.25) is 0 Å². The Bertz CT molecular complexity index is 1180. The van der Waals surface area contributed by atoms with Gasteiger partial charge in [-0.05, 0) is 43.2 Å². The highest BCUT2D eigenvalue weighted by atomic mass is 79.9. The fourth-order valence-corrected chi connectivity index (χ4v) is 3.84. The SMILES string of the molecule is CCCOc1ccc([C@@H]2/C(=C(\O)c3ccc(Br)cc3)C(=O)C(=O)N2c2cc(C)on2)cc1. The number of benzene rings is 2. The average Bonchev–Trinajstić information content (AvgIpc) is 3.33. The van der Waals surface area contributed by atoms with E-state index in [1.54, 1.807) is 61.5 Å². The Kier molecular flexibility index (Phi) is 6.14. The van der Waals surface area contributed by atoms with Crippen molar-refractivity contribution in [3.05, 3.63) is 81.5 Å². The highest BCUT2D eigenvalue weighted by Crippen LogP contribution is 2.42. The van der Waals surface area contributed by atoms with Gasteiger partial charge in [-0.25, -0.2) is 0 Å². The number of amides is 1. The van der Waals surface area contributed by atoms with Crippen molar-refractivity contribution in [3.8, 4) is 5.75 Å². The van der Waals surface area contributed by atoms with Gasteiger partial charge < -0.3 is 14.4 Å². The van der Waals surface area contributed by atoms with Crippen LogP contribution in [0.5, 0.6) is 5.75 Å². The standard InChI is InChI=1S/C24H21BrN2O5/c1-3-12-31-18-10-6-15(7-11-18)21-20(22(28)16-4-8-17(25)9-5-16)23(29)24(30)27(21)19-13-14(2)32-26-19/h4-11,13,21,28H,3,12H2,1-2H3/b22-20+/t21-/m1/s1. The second-order valence-corrected chi connectivity index (χ2v) is 8.30. The molecule has 1 atom stereocenters. The average molecular weight is 497 g/mol. The minimum Gasteiger partial charge on any atom is -0.507 e. The molecule has 32 heavy (non-hydrogen) atoms. The number of anilines is 1. The number of ether oxygens (including phenoxy) is 1. The Labute approximate surface area is 193 Å². The first kappa shape index (κ1) is 21.8. The third kappa shape index (κ3) is 4.05. The number of halogens is 1. The van der Waals surface area contributed by atoms with Gasteiger partial charge in [-0.3, -0.25) is 14.5 Å². The Morgan fingerprint density at radius 1 is 1.16 bits per heavy atom. The molecule has 0 unspecified atom stereocenters. The van der Waals surface area contributed by atoms with E-state index >= 15 is 0 Å². The van der Waals surface area contributed by atoms with Crippen LogP contribution in [-0.4, -0.2) is 28.6 Å². The van der Waals surface area contributed by atoms with Crippen LogP contribution >= 0.6 is 15.9 Å². The molecule has 4 rings (SSSR count). The van der Waals surface area contributed by atoms with E-state index < -0.39 is 17.7 Å². The molecule has 0 bridgehead atoms. The molecule has 0 aliphatic carbocycles. The van der Waals surface area contributed by atoms with Crippen molar-refractivity contribution in [2.24, 2.45) is 0 Å². The van der Waals surface area contributed by atoms with Gasteiger partial charge in [0, 0.05) is 16.1 Å². The molecule has 1 aliphatic rings. The molecule has 1 fully saturated rings. The summed E-state index contributed by atoms with van der Waals surface area (Å²) >= 11 is 3.36. The molecular weight excluding hydrogens is 476 g/mol. The molecule has 0 spiro atoms. The number of carbonyl (C=O) groups is 2. The zero-order chi connectivity index (χ0) is 22.8. The fourth-order valence-electron chi connectivity index (χ4n) is 3.58. The molecular formula is C24H21BrN2O5. The molecule has 1 amide bonds. The van der Waals surface area contributed by atoms with Crippen LogP contribution in [0.3, 0.4) is 0 Å². The molecule has 1 aromatic heterocycles. The largest absolute Gasteiger partial charge is 0.507 e. The topological polar surface area (TPSA) is 92.9 Å². The Balaban J connectivity index is 1.85. The van der Waals surface area contributed by atoms with Crippen LogP contribution in [0, 0.1) is 6.92 Å². The van der Waals surface area contributed by atoms with Crippen LogP contribution in [0.25, 0.3) is 5.76 Å². The van der Waals surface area contributed by atoms with Crippen molar-refractivity contribution < 1.29 is 24.0 Å². The highest BCUT2D eigenvalue weighted by molar-refractivity contribution is 9.10. The van der Waals surface area contributed by atoms with Gasteiger partial charge in [0.1, 0.15) is 17.3 Å². The monoisotopic (exact) mass is 496 g/mol. The van der Waals surface area contributed by atoms with Crippen LogP contribution < -0.4 is 9.64 Å². The number of aliphatic hydroxyl groups excluding tert-OH is 1. The predicted molar refractivity (Wildman–Crippen MR) is 122 cm³/mol. The molecule has 7 nitrogen and oxygen atoms in total. The van der Waals surface area contributed by atoms with E-state index in [1.165, 1.54) is 4.90 Å². The number of ketones is 1. The van der Waals surface area contributed by atoms with E-state index in [4.69, 9.17) is 9.26 Å². The lowest BCUT2D eigenvalue weighted by Gasteiger charge is -2.23. The molecule has 1 saturated heterocycles. The van der Waals surface area contributed by atoms with Gasteiger partial charge in [-0.2, -0.15) is 0 Å². The normalized spacial score (nSPS) is 17.7. The number of carbonyl (C=O) groups excluding carboxylic acids is 2. The molecule has 3 aromatic rings. The summed E-state index contributed by atoms with van der Waals surface area (Å²) in [5.41, 5.74) is 1.04. The molecule has 8 heteroatoms. The van der Waals surface area contributed by atoms with Gasteiger partial charge in [0.15, 0.2) is 5.82 Å². The molecule has 1 N–H and O–H groups in total. The highest BCUT2D eigenvalue weighted by Gasteiger charge is 2.48. The number of nitrogens with zero attached hydrogens (tertiary/aromatic N) is 2. The minimum atomic E-state index is -0.872. The van der Waals surface area contributed by atoms with Gasteiger partial charge in [-0.15, -0.1) is 0 Å². The zero-order valence-corrected chi connectivity index (χ0v) is 19.1. The minimum absolute atomic E-state index is 0.0137. The van der Waals surface area contributed by atoms with E-state index in [2.05, 4.69) is 21.1 Å². The van der Waals surface area contributed by atoms with Crippen molar-refractivity contribution in [2.45, 2.75) is 26.3 Å². The number of aliphatic hydroxyl groups is 1. The summed E-state index contributed by atoms with van der Waals surface area (Å²) in [5, 5.41) is 15.0. The Hall–Kier alpha value is -3.39. The molecule has 2 heterocycles. The summed E-state index contributed by atoms with van der Waals surface area (Å²) in [6.45, 7) is 4.30. The number of aromatic nitrogens is 1. The first-order valence-corrected chi connectivity index (χ1v) is 10.9. The van der Waals surface area contributed by atoms with Gasteiger partial charge >= 0.3 is 5.91 Å². The maximum absolute atomic E-state index is 13.1. The number of Topliss-reactive ketones (excluding diaryl/α,β-unsaturated/α-hetero) is 1. The van der Waals surface area contributed by atoms with Gasteiger partial charge in [-0.1, -0.05) is 52.3 Å². The smallest absolute Gasteiger partial charge is 0.301 e. The van der Waals surface area contributed by atoms with Crippen molar-refractivity contribution in [3.63, 3.8) is 0 Å². The Morgan fingerprint density at radius 2 is 1.84 bits per heavy atom. The van der Waals surface area contributed by atoms with Crippen LogP contribution in [0.4, 0.5) is 5.82 Å². The van der Waals surface area contributed by atoms with E-state index in [-0.39, 0.29) is 17.2 Å². The maximum atomic E-state index is 13.1. The molecule has 0 saturated carbocycles. The van der Waals surface area contributed by atoms with Crippen LogP contribution in [-0.2, 0) is 9.59 Å². The van der Waals surface area contributed by atoms with E-state index in [1.807, 2.05) is 6.92 Å². The summed E-state index contributed by atoms with van der Waals surface area (Å²) in [7, 11) is 0. The number of rotatable bonds is 6. The molecule has 0 radical (unpaired) electrons. The van der Waals surface area contributed by atoms with E-state index in [0.29, 0.717) is 29.2 Å². The second-order valence-electron chi connectivity index (χ2n) is 7.39. The summed E-state index contributed by atoms with van der Waals surface area (Å²) in [6.07, 6.45) is 0.876. The summed E-state index contributed by atoms with van der Waals surface area (Å²) < 4.78 is 11.6. The van der Waals surface area contributed by atoms with Crippen molar-refractivity contribution in [1.82, 2.24) is 5.16 Å². The fraction of sp³-hybridized carbons (Fsp3) is 0.208. The van der Waals surface area contributed by atoms with Crippen molar-refractivity contribution in [2.75, 3.05) is 11.5 Å². The number of hydrogen-bond donors (Lipinski definition) is 1. The quantitative estimate of drug-likeness (QED) is 0.287. The molecule has 164 valence electrons. The first-order chi connectivity index (χ1) is 15.4.